The van der Waals surface area contributed by atoms with Crippen molar-refractivity contribution in [1.29, 1.82) is 0 Å². The molecule has 1 saturated heterocycles. The highest BCUT2D eigenvalue weighted by molar-refractivity contribution is 9.10. The molecule has 1 unspecified atom stereocenters. The molecule has 0 spiro atoms. The van der Waals surface area contributed by atoms with E-state index in [4.69, 9.17) is 11.6 Å². The number of rotatable bonds is 4. The molecule has 114 valence electrons. The first-order chi connectivity index (χ1) is 8.96. The van der Waals surface area contributed by atoms with Crippen LogP contribution in [0.2, 0.25) is 5.02 Å². The van der Waals surface area contributed by atoms with Crippen molar-refractivity contribution in [2.24, 2.45) is 5.92 Å². The van der Waals surface area contributed by atoms with Crippen LogP contribution < -0.4 is 5.32 Å². The van der Waals surface area contributed by atoms with Crippen molar-refractivity contribution >= 4 is 50.0 Å². The van der Waals surface area contributed by atoms with Crippen LogP contribution >= 0.6 is 39.9 Å². The van der Waals surface area contributed by atoms with Gasteiger partial charge in [0, 0.05) is 17.6 Å². The number of sulfonamides is 1. The predicted octanol–water partition coefficient (Wildman–Crippen LogP) is 2.75. The number of hydrogen-bond acceptors (Lipinski definition) is 3. The van der Waals surface area contributed by atoms with Gasteiger partial charge in [0.15, 0.2) is 0 Å². The van der Waals surface area contributed by atoms with Gasteiger partial charge in [-0.1, -0.05) is 17.7 Å². The molecule has 0 bridgehead atoms. The maximum Gasteiger partial charge on any atom is 0.245 e. The van der Waals surface area contributed by atoms with Gasteiger partial charge in [-0.3, -0.25) is 0 Å². The van der Waals surface area contributed by atoms with E-state index in [0.29, 0.717) is 23.5 Å². The third-order valence-corrected chi connectivity index (χ3v) is 6.58. The molecule has 1 atom stereocenters. The van der Waals surface area contributed by atoms with Crippen LogP contribution in [0.15, 0.2) is 27.6 Å². The van der Waals surface area contributed by atoms with E-state index >= 15 is 0 Å². The molecular weight excluding hydrogens is 387 g/mol. The van der Waals surface area contributed by atoms with Crippen LogP contribution in [0.3, 0.4) is 0 Å². The van der Waals surface area contributed by atoms with E-state index in [1.807, 2.05) is 7.05 Å². The Kier molecular flexibility index (Phi) is 6.76. The zero-order valence-electron chi connectivity index (χ0n) is 11.0. The van der Waals surface area contributed by atoms with Crippen LogP contribution in [0.4, 0.5) is 0 Å². The topological polar surface area (TPSA) is 49.4 Å². The van der Waals surface area contributed by atoms with Crippen molar-refractivity contribution in [2.45, 2.75) is 11.3 Å². The van der Waals surface area contributed by atoms with E-state index in [9.17, 15) is 8.42 Å². The summed E-state index contributed by atoms with van der Waals surface area (Å²) in [5.41, 5.74) is 0. The summed E-state index contributed by atoms with van der Waals surface area (Å²) in [5.74, 6) is 0.362. The number of halogens is 3. The third-order valence-electron chi connectivity index (χ3n) is 3.26. The van der Waals surface area contributed by atoms with Crippen molar-refractivity contribution in [2.75, 3.05) is 26.7 Å². The zero-order chi connectivity index (χ0) is 14.0. The third kappa shape index (κ3) is 3.67. The van der Waals surface area contributed by atoms with Gasteiger partial charge in [0.1, 0.15) is 4.90 Å². The lowest BCUT2D eigenvalue weighted by atomic mass is 10.1. The molecule has 2 rings (SSSR count). The van der Waals surface area contributed by atoms with Crippen molar-refractivity contribution < 1.29 is 8.42 Å². The van der Waals surface area contributed by atoms with E-state index in [0.717, 1.165) is 13.0 Å². The first kappa shape index (κ1) is 18.2. The van der Waals surface area contributed by atoms with Crippen LogP contribution in [0.1, 0.15) is 6.42 Å². The Labute approximate surface area is 139 Å². The van der Waals surface area contributed by atoms with E-state index in [2.05, 4.69) is 21.2 Å². The van der Waals surface area contributed by atoms with Gasteiger partial charge in [0.25, 0.3) is 0 Å². The number of hydrogen-bond donors (Lipinski definition) is 1. The Bertz CT molecular complexity index is 548. The maximum atomic E-state index is 12.6. The summed E-state index contributed by atoms with van der Waals surface area (Å²) in [6.07, 6.45) is 0.877. The number of nitrogens with one attached hydrogen (secondary N) is 1. The summed E-state index contributed by atoms with van der Waals surface area (Å²) in [4.78, 5) is 0.168. The molecule has 1 aromatic rings. The fourth-order valence-corrected chi connectivity index (χ4v) is 5.53. The van der Waals surface area contributed by atoms with Gasteiger partial charge >= 0.3 is 0 Å². The lowest BCUT2D eigenvalue weighted by molar-refractivity contribution is 0.451. The summed E-state index contributed by atoms with van der Waals surface area (Å²) in [6, 6.07) is 5.01. The molecular formula is C12H17BrCl2N2O2S. The lowest BCUT2D eigenvalue weighted by Gasteiger charge is -2.18. The summed E-state index contributed by atoms with van der Waals surface area (Å²) in [7, 11) is -1.65. The lowest BCUT2D eigenvalue weighted by Crippen LogP contribution is -2.30. The predicted molar refractivity (Wildman–Crippen MR) is 87.2 cm³/mol. The second kappa shape index (κ2) is 7.42. The Hall–Kier alpha value is 0.150. The monoisotopic (exact) mass is 402 g/mol. The first-order valence-corrected chi connectivity index (χ1v) is 8.66. The molecule has 20 heavy (non-hydrogen) atoms. The summed E-state index contributed by atoms with van der Waals surface area (Å²) in [5, 5.41) is 3.34. The van der Waals surface area contributed by atoms with Crippen molar-refractivity contribution in [3.8, 4) is 0 Å². The maximum absolute atomic E-state index is 12.6. The second-order valence-corrected chi connectivity index (χ2v) is 7.76. The van der Waals surface area contributed by atoms with E-state index in [-0.39, 0.29) is 22.3 Å². The molecule has 0 saturated carbocycles. The molecule has 1 fully saturated rings. The molecule has 0 radical (unpaired) electrons. The standard InChI is InChI=1S/C12H16BrClN2O2S.ClH/c1-15-7-9-5-6-16(8-9)19(17,18)12-10(13)3-2-4-11(12)14;/h2-4,9,15H,5-8H2,1H3;1H. The van der Waals surface area contributed by atoms with Crippen LogP contribution in [0.25, 0.3) is 0 Å². The van der Waals surface area contributed by atoms with Crippen LogP contribution in [0.5, 0.6) is 0 Å². The van der Waals surface area contributed by atoms with E-state index < -0.39 is 10.0 Å². The Morgan fingerprint density at radius 1 is 1.50 bits per heavy atom. The van der Waals surface area contributed by atoms with Crippen LogP contribution in [0, 0.1) is 5.92 Å². The second-order valence-electron chi connectivity index (χ2n) is 4.63. The van der Waals surface area contributed by atoms with Crippen molar-refractivity contribution in [1.82, 2.24) is 9.62 Å². The SMILES string of the molecule is CNCC1CCN(S(=O)(=O)c2c(Cl)cccc2Br)C1.Cl. The number of benzene rings is 1. The molecule has 4 nitrogen and oxygen atoms in total. The Morgan fingerprint density at radius 3 is 2.80 bits per heavy atom. The summed E-state index contributed by atoms with van der Waals surface area (Å²) < 4.78 is 27.3. The summed E-state index contributed by atoms with van der Waals surface area (Å²) in [6.45, 7) is 1.92. The van der Waals surface area contributed by atoms with Gasteiger partial charge in [0.2, 0.25) is 10.0 Å². The Balaban J connectivity index is 0.00000200. The van der Waals surface area contributed by atoms with E-state index in [1.165, 1.54) is 4.31 Å². The molecule has 1 aliphatic heterocycles. The minimum Gasteiger partial charge on any atom is -0.319 e. The molecule has 0 aliphatic carbocycles. The van der Waals surface area contributed by atoms with Gasteiger partial charge in [-0.05, 0) is 54.0 Å². The molecule has 0 amide bonds. The molecule has 1 heterocycles. The summed E-state index contributed by atoms with van der Waals surface area (Å²) >= 11 is 9.32. The van der Waals surface area contributed by atoms with Crippen molar-refractivity contribution in [3.63, 3.8) is 0 Å². The van der Waals surface area contributed by atoms with Gasteiger partial charge < -0.3 is 5.32 Å². The van der Waals surface area contributed by atoms with Gasteiger partial charge in [-0.2, -0.15) is 4.31 Å². The average molecular weight is 404 g/mol. The highest BCUT2D eigenvalue weighted by atomic mass is 79.9. The van der Waals surface area contributed by atoms with Gasteiger partial charge in [0.05, 0.1) is 5.02 Å². The number of nitrogens with zero attached hydrogens (tertiary/aromatic N) is 1. The van der Waals surface area contributed by atoms with Gasteiger partial charge in [-0.15, -0.1) is 12.4 Å². The van der Waals surface area contributed by atoms with Crippen LogP contribution in [-0.2, 0) is 10.0 Å². The van der Waals surface area contributed by atoms with Crippen LogP contribution in [-0.4, -0.2) is 39.4 Å². The van der Waals surface area contributed by atoms with Crippen molar-refractivity contribution in [3.05, 3.63) is 27.7 Å². The van der Waals surface area contributed by atoms with Gasteiger partial charge in [-0.25, -0.2) is 8.42 Å². The normalized spacial score (nSPS) is 19.9. The molecule has 1 aliphatic rings. The highest BCUT2D eigenvalue weighted by Gasteiger charge is 2.34. The fraction of sp³-hybridized carbons (Fsp3) is 0.500. The highest BCUT2D eigenvalue weighted by Crippen LogP contribution is 2.33. The molecule has 1 N–H and O–H groups in total. The minimum atomic E-state index is -3.52. The smallest absolute Gasteiger partial charge is 0.245 e. The van der Waals surface area contributed by atoms with E-state index in [1.54, 1.807) is 18.2 Å². The molecule has 1 aromatic carbocycles. The zero-order valence-corrected chi connectivity index (χ0v) is 14.9. The molecule has 0 aromatic heterocycles. The molecule has 8 heteroatoms. The average Bonchev–Trinajstić information content (AvgIpc) is 2.78. The fourth-order valence-electron chi connectivity index (χ4n) is 2.33. The first-order valence-electron chi connectivity index (χ1n) is 6.05. The Morgan fingerprint density at radius 2 is 2.20 bits per heavy atom. The minimum absolute atomic E-state index is 0. The quantitative estimate of drug-likeness (QED) is 0.840. The largest absolute Gasteiger partial charge is 0.319 e.